The van der Waals surface area contributed by atoms with Crippen LogP contribution in [0.3, 0.4) is 0 Å². The van der Waals surface area contributed by atoms with Gasteiger partial charge in [0.2, 0.25) is 0 Å². The van der Waals surface area contributed by atoms with Gasteiger partial charge in [0, 0.05) is 17.1 Å². The van der Waals surface area contributed by atoms with Crippen molar-refractivity contribution in [2.75, 3.05) is 5.73 Å². The Hall–Kier alpha value is -4.44. The van der Waals surface area contributed by atoms with E-state index in [1.54, 1.807) is 0 Å². The van der Waals surface area contributed by atoms with E-state index in [2.05, 4.69) is 111 Å². The molecule has 2 atom stereocenters. The molecule has 0 aliphatic heterocycles. The van der Waals surface area contributed by atoms with E-state index in [4.69, 9.17) is 11.5 Å². The van der Waals surface area contributed by atoms with Gasteiger partial charge in [-0.2, -0.15) is 0 Å². The molecule has 5 aromatic carbocycles. The summed E-state index contributed by atoms with van der Waals surface area (Å²) in [5.74, 6) is 0. The molecule has 5 aromatic rings. The Morgan fingerprint density at radius 2 is 1.41 bits per heavy atom. The first-order valence-corrected chi connectivity index (χ1v) is 14.3. The molecule has 5 N–H and O–H groups in total. The summed E-state index contributed by atoms with van der Waals surface area (Å²) in [4.78, 5) is 0. The lowest BCUT2D eigenvalue weighted by atomic mass is 9.81. The van der Waals surface area contributed by atoms with Crippen LogP contribution in [0.5, 0.6) is 0 Å². The van der Waals surface area contributed by atoms with E-state index in [-0.39, 0.29) is 17.6 Å². The van der Waals surface area contributed by atoms with Gasteiger partial charge >= 0.3 is 0 Å². The van der Waals surface area contributed by atoms with Crippen LogP contribution in [0.2, 0.25) is 0 Å². The third-order valence-electron chi connectivity index (χ3n) is 8.45. The summed E-state index contributed by atoms with van der Waals surface area (Å²) >= 11 is 0. The molecule has 0 fully saturated rings. The summed E-state index contributed by atoms with van der Waals surface area (Å²) in [6.45, 7) is 6.80. The molecule has 3 nitrogen and oxygen atoms in total. The standard InChI is InChI=1S/C38H37N3/c1-25(22-30-16-9-10-19-34(30)39)35(41-37(40)27-12-5-4-6-13-27)21-20-26-17-11-18-32-36(26)31-23-28-14-7-8-15-29(28)24-33(31)38(32,2)3/h4-24,35,37,41H,39-40H2,1-3H3/b21-20+,25-22+. The Morgan fingerprint density at radius 3 is 2.17 bits per heavy atom. The predicted octanol–water partition coefficient (Wildman–Crippen LogP) is 8.46. The summed E-state index contributed by atoms with van der Waals surface area (Å²) in [5.41, 5.74) is 23.4. The Kier molecular flexibility index (Phi) is 7.08. The van der Waals surface area contributed by atoms with Gasteiger partial charge in [-0.05, 0) is 74.8 Å². The van der Waals surface area contributed by atoms with Crippen LogP contribution in [0.15, 0.2) is 121 Å². The summed E-state index contributed by atoms with van der Waals surface area (Å²) in [6, 6.07) is 38.1. The number of benzene rings is 5. The number of hydrogen-bond donors (Lipinski definition) is 3. The average molecular weight is 536 g/mol. The van der Waals surface area contributed by atoms with Gasteiger partial charge in [0.05, 0.1) is 6.17 Å². The van der Waals surface area contributed by atoms with E-state index in [0.717, 1.165) is 22.4 Å². The molecular formula is C38H37N3. The van der Waals surface area contributed by atoms with Crippen molar-refractivity contribution in [2.45, 2.75) is 38.4 Å². The molecule has 0 saturated carbocycles. The highest BCUT2D eigenvalue weighted by Crippen LogP contribution is 2.51. The van der Waals surface area contributed by atoms with Crippen LogP contribution in [0.1, 0.15) is 54.8 Å². The van der Waals surface area contributed by atoms with Crippen molar-refractivity contribution in [1.82, 2.24) is 5.32 Å². The van der Waals surface area contributed by atoms with Crippen LogP contribution in [-0.4, -0.2) is 6.04 Å². The van der Waals surface area contributed by atoms with Crippen LogP contribution in [0.25, 0.3) is 34.1 Å². The monoisotopic (exact) mass is 535 g/mol. The van der Waals surface area contributed by atoms with Crippen molar-refractivity contribution in [2.24, 2.45) is 5.73 Å². The number of anilines is 1. The zero-order valence-corrected chi connectivity index (χ0v) is 23.9. The van der Waals surface area contributed by atoms with E-state index in [0.29, 0.717) is 0 Å². The van der Waals surface area contributed by atoms with Crippen LogP contribution in [-0.2, 0) is 5.41 Å². The second kappa shape index (κ2) is 10.9. The Labute approximate surface area is 243 Å². The van der Waals surface area contributed by atoms with Crippen molar-refractivity contribution in [1.29, 1.82) is 0 Å². The van der Waals surface area contributed by atoms with Gasteiger partial charge < -0.3 is 11.5 Å². The fourth-order valence-corrected chi connectivity index (χ4v) is 6.11. The number of fused-ring (bicyclic) bond motifs is 4. The number of hydrogen-bond acceptors (Lipinski definition) is 3. The molecule has 0 amide bonds. The molecule has 0 heterocycles. The van der Waals surface area contributed by atoms with E-state index in [9.17, 15) is 0 Å². The molecule has 0 bridgehead atoms. The fraction of sp³-hybridized carbons (Fsp3) is 0.158. The minimum Gasteiger partial charge on any atom is -0.398 e. The summed E-state index contributed by atoms with van der Waals surface area (Å²) in [7, 11) is 0. The molecule has 0 spiro atoms. The number of nitrogen functional groups attached to an aromatic ring is 1. The average Bonchev–Trinajstić information content (AvgIpc) is 3.21. The Balaban J connectivity index is 1.42. The molecule has 0 aromatic heterocycles. The van der Waals surface area contributed by atoms with Gasteiger partial charge in [-0.1, -0.05) is 129 Å². The quantitative estimate of drug-likeness (QED) is 0.145. The molecule has 0 saturated heterocycles. The summed E-state index contributed by atoms with van der Waals surface area (Å²) in [5, 5.41) is 6.20. The third kappa shape index (κ3) is 5.11. The first kappa shape index (κ1) is 26.8. The molecule has 204 valence electrons. The Morgan fingerprint density at radius 1 is 0.756 bits per heavy atom. The van der Waals surface area contributed by atoms with Gasteiger partial charge in [-0.3, -0.25) is 5.32 Å². The van der Waals surface area contributed by atoms with Crippen LogP contribution >= 0.6 is 0 Å². The highest BCUT2D eigenvalue weighted by atomic mass is 15.0. The lowest BCUT2D eigenvalue weighted by molar-refractivity contribution is 0.531. The first-order chi connectivity index (χ1) is 19.8. The molecule has 1 aliphatic rings. The third-order valence-corrected chi connectivity index (χ3v) is 8.45. The van der Waals surface area contributed by atoms with E-state index in [1.807, 2.05) is 42.5 Å². The number of para-hydroxylation sites is 1. The fourth-order valence-electron chi connectivity index (χ4n) is 6.11. The molecule has 3 heteroatoms. The molecule has 0 radical (unpaired) electrons. The topological polar surface area (TPSA) is 64.1 Å². The zero-order chi connectivity index (χ0) is 28.6. The van der Waals surface area contributed by atoms with Gasteiger partial charge in [-0.25, -0.2) is 0 Å². The molecule has 6 rings (SSSR count). The zero-order valence-electron chi connectivity index (χ0n) is 23.9. The second-order valence-electron chi connectivity index (χ2n) is 11.5. The first-order valence-electron chi connectivity index (χ1n) is 14.3. The van der Waals surface area contributed by atoms with Crippen LogP contribution in [0, 0.1) is 0 Å². The predicted molar refractivity (Wildman–Crippen MR) is 175 cm³/mol. The SMILES string of the molecule is C/C(=C\c1ccccc1N)C(/C=C/c1cccc2c1-c1cc3ccccc3cc1C2(C)C)NC(N)c1ccccc1. The van der Waals surface area contributed by atoms with Crippen molar-refractivity contribution in [3.8, 4) is 11.1 Å². The molecule has 1 aliphatic carbocycles. The van der Waals surface area contributed by atoms with Crippen molar-refractivity contribution in [3.05, 3.63) is 149 Å². The molecule has 2 unspecified atom stereocenters. The minimum absolute atomic E-state index is 0.0769. The highest BCUT2D eigenvalue weighted by molar-refractivity contribution is 5.95. The highest BCUT2D eigenvalue weighted by Gasteiger charge is 2.36. The Bertz CT molecular complexity index is 1780. The number of nitrogens with one attached hydrogen (secondary N) is 1. The van der Waals surface area contributed by atoms with Crippen molar-refractivity contribution < 1.29 is 0 Å². The van der Waals surface area contributed by atoms with Crippen molar-refractivity contribution >= 4 is 28.6 Å². The molecular weight excluding hydrogens is 498 g/mol. The second-order valence-corrected chi connectivity index (χ2v) is 11.5. The maximum absolute atomic E-state index is 6.67. The lowest BCUT2D eigenvalue weighted by Crippen LogP contribution is -2.37. The maximum atomic E-state index is 6.67. The lowest BCUT2D eigenvalue weighted by Gasteiger charge is -2.23. The van der Waals surface area contributed by atoms with E-state index < -0.39 is 0 Å². The van der Waals surface area contributed by atoms with Crippen molar-refractivity contribution in [3.63, 3.8) is 0 Å². The number of rotatable bonds is 7. The summed E-state index contributed by atoms with van der Waals surface area (Å²) < 4.78 is 0. The van der Waals surface area contributed by atoms with Gasteiger partial charge in [0.1, 0.15) is 0 Å². The molecule has 41 heavy (non-hydrogen) atoms. The van der Waals surface area contributed by atoms with Gasteiger partial charge in [-0.15, -0.1) is 0 Å². The smallest absolute Gasteiger partial charge is 0.0817 e. The minimum atomic E-state index is -0.324. The summed E-state index contributed by atoms with van der Waals surface area (Å²) in [6.07, 6.45) is 6.31. The largest absolute Gasteiger partial charge is 0.398 e. The normalized spacial score (nSPS) is 15.6. The van der Waals surface area contributed by atoms with Gasteiger partial charge in [0.15, 0.2) is 0 Å². The van der Waals surface area contributed by atoms with Gasteiger partial charge in [0.25, 0.3) is 0 Å². The van der Waals surface area contributed by atoms with Crippen LogP contribution < -0.4 is 16.8 Å². The van der Waals surface area contributed by atoms with Crippen LogP contribution in [0.4, 0.5) is 5.69 Å². The van der Waals surface area contributed by atoms with E-state index >= 15 is 0 Å². The number of nitrogens with two attached hydrogens (primary N) is 2. The van der Waals surface area contributed by atoms with E-state index in [1.165, 1.54) is 38.6 Å². The maximum Gasteiger partial charge on any atom is 0.0817 e.